The van der Waals surface area contributed by atoms with Gasteiger partial charge in [-0.1, -0.05) is 0 Å². The van der Waals surface area contributed by atoms with Crippen LogP contribution in [0.3, 0.4) is 0 Å². The minimum atomic E-state index is 0.271. The quantitative estimate of drug-likeness (QED) is 0.599. The van der Waals surface area contributed by atoms with E-state index in [9.17, 15) is 0 Å². The highest BCUT2D eigenvalue weighted by Crippen LogP contribution is 2.64. The molecule has 5 rings (SSSR count). The number of hydrogen-bond donors (Lipinski definition) is 0. The van der Waals surface area contributed by atoms with Crippen molar-refractivity contribution in [3.63, 3.8) is 0 Å². The molecule has 0 amide bonds. The van der Waals surface area contributed by atoms with Crippen molar-refractivity contribution in [2.75, 3.05) is 5.88 Å². The third-order valence-corrected chi connectivity index (χ3v) is 6.34. The minimum absolute atomic E-state index is 0.271. The number of hydrogen-bond acceptors (Lipinski definition) is 3. The lowest BCUT2D eigenvalue weighted by Crippen LogP contribution is -2.53. The minimum Gasteiger partial charge on any atom is -0.182 e. The zero-order valence-electron chi connectivity index (χ0n) is 8.35. The first-order valence-electron chi connectivity index (χ1n) is 5.89. The van der Waals surface area contributed by atoms with E-state index in [-0.39, 0.29) is 4.87 Å². The van der Waals surface area contributed by atoms with E-state index >= 15 is 0 Å². The molecule has 1 spiro atoms. The van der Waals surface area contributed by atoms with Crippen LogP contribution in [0.1, 0.15) is 32.1 Å². The SMILES string of the molecule is C1N=NC2(S1)C1CC3CC(C1)CC2C3. The van der Waals surface area contributed by atoms with Crippen molar-refractivity contribution in [1.82, 2.24) is 0 Å². The van der Waals surface area contributed by atoms with Gasteiger partial charge in [-0.3, -0.25) is 0 Å². The van der Waals surface area contributed by atoms with Gasteiger partial charge in [-0.05, 0) is 55.8 Å². The number of nitrogens with zero attached hydrogens (tertiary/aromatic N) is 2. The van der Waals surface area contributed by atoms with Crippen LogP contribution < -0.4 is 0 Å². The van der Waals surface area contributed by atoms with E-state index in [2.05, 4.69) is 10.2 Å². The molecule has 0 unspecified atom stereocenters. The predicted octanol–water partition coefficient (Wildman–Crippen LogP) is 3.30. The summed E-state index contributed by atoms with van der Waals surface area (Å²) in [5.74, 6) is 4.81. The lowest BCUT2D eigenvalue weighted by molar-refractivity contribution is -0.0142. The van der Waals surface area contributed by atoms with Crippen molar-refractivity contribution in [2.45, 2.75) is 37.0 Å². The molecule has 4 bridgehead atoms. The largest absolute Gasteiger partial charge is 0.182 e. The maximum absolute atomic E-state index is 4.65. The van der Waals surface area contributed by atoms with Gasteiger partial charge < -0.3 is 0 Å². The van der Waals surface area contributed by atoms with Crippen molar-refractivity contribution in [3.8, 4) is 0 Å². The van der Waals surface area contributed by atoms with Crippen molar-refractivity contribution in [3.05, 3.63) is 0 Å². The Morgan fingerprint density at radius 2 is 1.57 bits per heavy atom. The van der Waals surface area contributed by atoms with E-state index in [1.54, 1.807) is 0 Å². The van der Waals surface area contributed by atoms with Gasteiger partial charge in [0.05, 0.1) is 0 Å². The summed E-state index contributed by atoms with van der Waals surface area (Å²) in [4.78, 5) is 0.271. The van der Waals surface area contributed by atoms with Gasteiger partial charge in [-0.2, -0.15) is 10.2 Å². The van der Waals surface area contributed by atoms with Crippen LogP contribution >= 0.6 is 11.8 Å². The van der Waals surface area contributed by atoms with E-state index in [1.807, 2.05) is 11.8 Å². The Labute approximate surface area is 88.9 Å². The predicted molar refractivity (Wildman–Crippen MR) is 57.1 cm³/mol. The van der Waals surface area contributed by atoms with Gasteiger partial charge in [0.15, 0.2) is 0 Å². The van der Waals surface area contributed by atoms with E-state index < -0.39 is 0 Å². The average molecular weight is 208 g/mol. The van der Waals surface area contributed by atoms with Crippen LogP contribution in [0.25, 0.3) is 0 Å². The van der Waals surface area contributed by atoms with E-state index in [0.717, 1.165) is 29.5 Å². The van der Waals surface area contributed by atoms with Gasteiger partial charge in [-0.25, -0.2) is 0 Å². The van der Waals surface area contributed by atoms with Crippen molar-refractivity contribution in [1.29, 1.82) is 0 Å². The molecule has 14 heavy (non-hydrogen) atoms. The fourth-order valence-corrected chi connectivity index (χ4v) is 5.85. The molecular formula is C11H16N2S. The lowest BCUT2D eigenvalue weighted by atomic mass is 9.54. The third-order valence-electron chi connectivity index (χ3n) is 4.89. The molecule has 0 atom stereocenters. The van der Waals surface area contributed by atoms with Gasteiger partial charge in [0, 0.05) is 0 Å². The van der Waals surface area contributed by atoms with Crippen LogP contribution in [0.2, 0.25) is 0 Å². The summed E-state index contributed by atoms with van der Waals surface area (Å²) in [6.07, 6.45) is 7.36. The van der Waals surface area contributed by atoms with Crippen LogP contribution in [-0.4, -0.2) is 10.7 Å². The van der Waals surface area contributed by atoms with E-state index in [4.69, 9.17) is 0 Å². The molecule has 4 aliphatic carbocycles. The van der Waals surface area contributed by atoms with E-state index in [0.29, 0.717) is 0 Å². The monoisotopic (exact) mass is 208 g/mol. The molecule has 4 fully saturated rings. The first kappa shape index (κ1) is 8.14. The fourth-order valence-electron chi connectivity index (χ4n) is 4.56. The van der Waals surface area contributed by atoms with Crippen molar-refractivity contribution >= 4 is 11.8 Å². The zero-order chi connectivity index (χ0) is 9.17. The first-order chi connectivity index (χ1) is 6.87. The third kappa shape index (κ3) is 0.854. The topological polar surface area (TPSA) is 24.7 Å². The fraction of sp³-hybridized carbons (Fsp3) is 1.00. The first-order valence-corrected chi connectivity index (χ1v) is 6.88. The maximum atomic E-state index is 4.65. The summed E-state index contributed by atoms with van der Waals surface area (Å²) >= 11 is 2.05. The number of thioether (sulfide) groups is 1. The molecule has 0 N–H and O–H groups in total. The highest BCUT2D eigenvalue weighted by molar-refractivity contribution is 8.00. The summed E-state index contributed by atoms with van der Waals surface area (Å²) in [6.45, 7) is 0. The van der Waals surface area contributed by atoms with Crippen LogP contribution in [0, 0.1) is 23.7 Å². The average Bonchev–Trinajstić information content (AvgIpc) is 2.63. The standard InChI is InChI=1S/C11H16N2S/c1-7-2-9-4-8(1)5-10(3-7)11(9)13-12-6-14-11/h7-10H,1-6H2. The van der Waals surface area contributed by atoms with E-state index in [1.165, 1.54) is 32.1 Å². The molecule has 0 aromatic heterocycles. The van der Waals surface area contributed by atoms with Gasteiger partial charge >= 0.3 is 0 Å². The molecule has 0 aromatic rings. The summed E-state index contributed by atoms with van der Waals surface area (Å²) in [5, 5.41) is 8.92. The van der Waals surface area contributed by atoms with Crippen molar-refractivity contribution < 1.29 is 0 Å². The van der Waals surface area contributed by atoms with Gasteiger partial charge in [0.2, 0.25) is 0 Å². The van der Waals surface area contributed by atoms with Gasteiger partial charge in [0.1, 0.15) is 10.7 Å². The molecule has 1 aliphatic heterocycles. The van der Waals surface area contributed by atoms with Gasteiger partial charge in [0.25, 0.3) is 0 Å². The highest BCUT2D eigenvalue weighted by Gasteiger charge is 2.59. The Bertz CT molecular complexity index is 272. The second kappa shape index (κ2) is 2.55. The molecular weight excluding hydrogens is 192 g/mol. The highest BCUT2D eigenvalue weighted by atomic mass is 32.2. The molecule has 0 radical (unpaired) electrons. The van der Waals surface area contributed by atoms with Crippen LogP contribution in [0.5, 0.6) is 0 Å². The van der Waals surface area contributed by atoms with Gasteiger partial charge in [-0.15, -0.1) is 11.8 Å². The summed E-state index contributed by atoms with van der Waals surface area (Å²) < 4.78 is 0. The Morgan fingerprint density at radius 3 is 2.07 bits per heavy atom. The summed E-state index contributed by atoms with van der Waals surface area (Å²) in [7, 11) is 0. The van der Waals surface area contributed by atoms with Crippen molar-refractivity contribution in [2.24, 2.45) is 33.9 Å². The Balaban J connectivity index is 1.77. The molecule has 1 heterocycles. The second-order valence-electron chi connectivity index (χ2n) is 5.57. The smallest absolute Gasteiger partial charge is 0.134 e. The van der Waals surface area contributed by atoms with Crippen LogP contribution in [-0.2, 0) is 0 Å². The normalized spacial score (nSPS) is 58.9. The summed E-state index contributed by atoms with van der Waals surface area (Å²) in [5.41, 5.74) is 0. The molecule has 4 saturated carbocycles. The molecule has 0 aromatic carbocycles. The second-order valence-corrected chi connectivity index (χ2v) is 6.77. The lowest BCUT2D eigenvalue weighted by Gasteiger charge is -2.57. The Kier molecular flexibility index (Phi) is 1.48. The van der Waals surface area contributed by atoms with Crippen LogP contribution in [0.4, 0.5) is 0 Å². The molecule has 0 saturated heterocycles. The molecule has 2 nitrogen and oxygen atoms in total. The molecule has 3 heteroatoms. The zero-order valence-corrected chi connectivity index (χ0v) is 9.17. The summed E-state index contributed by atoms with van der Waals surface area (Å²) in [6, 6.07) is 0. The molecule has 5 aliphatic rings. The molecule has 76 valence electrons. The number of azo groups is 1. The number of rotatable bonds is 0. The Hall–Kier alpha value is -0.0500. The Morgan fingerprint density at radius 1 is 0.929 bits per heavy atom. The maximum Gasteiger partial charge on any atom is 0.134 e. The van der Waals surface area contributed by atoms with Crippen LogP contribution in [0.15, 0.2) is 10.2 Å².